The van der Waals surface area contributed by atoms with Crippen LogP contribution in [0.5, 0.6) is 6.01 Å². The first-order valence-corrected chi connectivity index (χ1v) is 17.2. The highest BCUT2D eigenvalue weighted by Gasteiger charge is 2.55. The van der Waals surface area contributed by atoms with Gasteiger partial charge in [-0.3, -0.25) is 14.4 Å². The first-order chi connectivity index (χ1) is 22.3. The van der Waals surface area contributed by atoms with E-state index < -0.39 is 11.9 Å². The number of hydrogen-bond acceptors (Lipinski definition) is 12. The third-order valence-electron chi connectivity index (χ3n) is 10.6. The van der Waals surface area contributed by atoms with Gasteiger partial charge < -0.3 is 20.3 Å². The fraction of sp³-hybridized carbons (Fsp3) is 0.613. The molecule has 5 aliphatic heterocycles. The summed E-state index contributed by atoms with van der Waals surface area (Å²) >= 11 is 8.21. The molecule has 240 valence electrons. The van der Waals surface area contributed by atoms with Crippen molar-refractivity contribution in [2.75, 3.05) is 42.5 Å². The molecule has 6 aliphatic rings. The minimum atomic E-state index is -0.995. The molecule has 3 unspecified atom stereocenters. The number of carbonyl (C=O) groups is 1. The quantitative estimate of drug-likeness (QED) is 0.463. The number of thioether (sulfide) groups is 1. The van der Waals surface area contributed by atoms with Crippen LogP contribution in [0.1, 0.15) is 66.7 Å². The molecule has 8 rings (SSSR count). The lowest BCUT2D eigenvalue weighted by atomic mass is 9.63. The van der Waals surface area contributed by atoms with E-state index in [1.54, 1.807) is 16.4 Å². The molecule has 1 spiro atoms. The summed E-state index contributed by atoms with van der Waals surface area (Å²) in [7, 11) is 0. The van der Waals surface area contributed by atoms with Gasteiger partial charge in [0.1, 0.15) is 23.5 Å². The zero-order valence-electron chi connectivity index (χ0n) is 25.3. The van der Waals surface area contributed by atoms with Crippen LogP contribution in [-0.2, 0) is 13.1 Å². The van der Waals surface area contributed by atoms with Gasteiger partial charge in [-0.25, -0.2) is 4.39 Å². The van der Waals surface area contributed by atoms with Gasteiger partial charge in [-0.2, -0.15) is 25.6 Å². The number of allylic oxidation sites excluding steroid dienone is 1. The topological polar surface area (TPSA) is 153 Å². The highest BCUT2D eigenvalue weighted by Crippen LogP contribution is 2.58. The predicted molar refractivity (Wildman–Crippen MR) is 169 cm³/mol. The van der Waals surface area contributed by atoms with Crippen LogP contribution < -0.4 is 20.3 Å². The molecule has 12 nitrogen and oxygen atoms in total. The van der Waals surface area contributed by atoms with Crippen molar-refractivity contribution in [2.45, 2.75) is 75.3 Å². The van der Waals surface area contributed by atoms with Crippen LogP contribution in [0.25, 0.3) is 0 Å². The van der Waals surface area contributed by atoms with E-state index in [0.29, 0.717) is 74.7 Å². The number of carbonyl (C=O) groups excluding carboxylic acids is 1. The minimum Gasteiger partial charge on any atom is -0.441 e. The molecule has 1 aliphatic carbocycles. The smallest absolute Gasteiger partial charge is 0.322 e. The summed E-state index contributed by atoms with van der Waals surface area (Å²) in [5, 5.41) is 25.1. The molecule has 0 aromatic carbocycles. The Morgan fingerprint density at radius 1 is 1.11 bits per heavy atom. The molecule has 0 bridgehead atoms. The molecule has 3 fully saturated rings. The monoisotopic (exact) mass is 664 g/mol. The Labute approximate surface area is 275 Å². The number of nitriles is 2. The maximum absolute atomic E-state index is 14.7. The summed E-state index contributed by atoms with van der Waals surface area (Å²) in [6.07, 6.45) is 5.05. The zero-order valence-corrected chi connectivity index (χ0v) is 26.9. The number of anilines is 2. The van der Waals surface area contributed by atoms with Crippen molar-refractivity contribution in [1.82, 2.24) is 24.6 Å². The molecule has 4 atom stereocenters. The summed E-state index contributed by atoms with van der Waals surface area (Å²) < 4.78 is 23.0. The van der Waals surface area contributed by atoms with E-state index in [0.717, 1.165) is 32.2 Å². The largest absolute Gasteiger partial charge is 0.441 e. The van der Waals surface area contributed by atoms with Crippen molar-refractivity contribution in [3.63, 3.8) is 0 Å². The molecule has 0 saturated carbocycles. The Kier molecular flexibility index (Phi) is 7.21. The lowest BCUT2D eigenvalue weighted by molar-refractivity contribution is -0.0338. The van der Waals surface area contributed by atoms with Gasteiger partial charge in [0.15, 0.2) is 23.6 Å². The lowest BCUT2D eigenvalue weighted by Gasteiger charge is -2.54. The maximum atomic E-state index is 14.7. The summed E-state index contributed by atoms with van der Waals surface area (Å²) in [4.78, 5) is 28.7. The summed E-state index contributed by atoms with van der Waals surface area (Å²) in [5.41, 5.74) is 7.71. The van der Waals surface area contributed by atoms with Crippen molar-refractivity contribution >= 4 is 41.3 Å². The van der Waals surface area contributed by atoms with Crippen molar-refractivity contribution in [2.24, 2.45) is 17.1 Å². The number of aryl methyl sites for hydroxylation is 1. The Morgan fingerprint density at radius 2 is 1.91 bits per heavy atom. The van der Waals surface area contributed by atoms with Gasteiger partial charge in [-0.1, -0.05) is 11.6 Å². The third-order valence-corrected chi connectivity index (χ3v) is 12.3. The Bertz CT molecular complexity index is 1730. The molecule has 2 aromatic rings. The molecular weight excluding hydrogens is 631 g/mol. The molecule has 3 saturated heterocycles. The zero-order chi connectivity index (χ0) is 31.8. The first kappa shape index (κ1) is 29.9. The minimum absolute atomic E-state index is 0.111. The number of nitrogens with zero attached hydrogens (tertiary/aromatic N) is 9. The van der Waals surface area contributed by atoms with Gasteiger partial charge in [0.05, 0.1) is 34.6 Å². The maximum Gasteiger partial charge on any atom is 0.322 e. The molecule has 0 amide bonds. The first-order valence-electron chi connectivity index (χ1n) is 15.9. The van der Waals surface area contributed by atoms with Gasteiger partial charge in [0.25, 0.3) is 0 Å². The molecule has 46 heavy (non-hydrogen) atoms. The molecular formula is C31H34ClFN10O2S. The molecule has 2 N–H and O–H groups in total. The van der Waals surface area contributed by atoms with Crippen LogP contribution in [0.15, 0.2) is 10.5 Å². The van der Waals surface area contributed by atoms with E-state index in [1.807, 2.05) is 9.80 Å². The van der Waals surface area contributed by atoms with Crippen molar-refractivity contribution in [3.05, 3.63) is 32.5 Å². The van der Waals surface area contributed by atoms with Gasteiger partial charge in [-0.15, -0.1) is 11.8 Å². The average molecular weight is 665 g/mol. The fourth-order valence-electron chi connectivity index (χ4n) is 8.63. The number of aromatic nitrogens is 4. The second-order valence-electron chi connectivity index (χ2n) is 13.3. The predicted octanol–water partition coefficient (Wildman–Crippen LogP) is 3.75. The second kappa shape index (κ2) is 11.1. The van der Waals surface area contributed by atoms with E-state index >= 15 is 0 Å². The summed E-state index contributed by atoms with van der Waals surface area (Å²) in [6.45, 7) is 3.67. The fourth-order valence-corrected chi connectivity index (χ4v) is 10.3. The van der Waals surface area contributed by atoms with E-state index in [9.17, 15) is 19.7 Å². The van der Waals surface area contributed by atoms with Gasteiger partial charge in [-0.05, 0) is 42.6 Å². The normalized spacial score (nSPS) is 29.9. The van der Waals surface area contributed by atoms with Gasteiger partial charge in [0, 0.05) is 57.5 Å². The number of fused-ring (bicyclic) bond motifs is 3. The molecule has 0 radical (unpaired) electrons. The SMILES string of the molecule is N#Cc1c(N2CCCn3nc(C=O)c(Cl)c3C2)nc(O[C@@]23CCCN2CC(F)C3)nc1N1CC2(CCCC3=C2C(C#N)C(N)S3)C1. The van der Waals surface area contributed by atoms with Crippen molar-refractivity contribution in [1.29, 1.82) is 10.5 Å². The van der Waals surface area contributed by atoms with Crippen molar-refractivity contribution in [3.8, 4) is 18.1 Å². The van der Waals surface area contributed by atoms with E-state index in [2.05, 4.69) is 22.1 Å². The van der Waals surface area contributed by atoms with Crippen LogP contribution in [-0.4, -0.2) is 80.9 Å². The number of rotatable bonds is 5. The average Bonchev–Trinajstić information content (AvgIpc) is 3.69. The lowest BCUT2D eigenvalue weighted by Crippen LogP contribution is -2.59. The number of ether oxygens (including phenoxy) is 1. The Hall–Kier alpha value is -3.43. The highest BCUT2D eigenvalue weighted by atomic mass is 35.5. The molecule has 15 heteroatoms. The number of hydrogen-bond donors (Lipinski definition) is 1. The third kappa shape index (κ3) is 4.52. The highest BCUT2D eigenvalue weighted by molar-refractivity contribution is 8.03. The van der Waals surface area contributed by atoms with E-state index in [1.165, 1.54) is 10.5 Å². The Balaban J connectivity index is 1.19. The summed E-state index contributed by atoms with van der Waals surface area (Å²) in [5.74, 6) is 0.552. The van der Waals surface area contributed by atoms with Crippen LogP contribution in [0.3, 0.4) is 0 Å². The van der Waals surface area contributed by atoms with Crippen LogP contribution >= 0.6 is 23.4 Å². The van der Waals surface area contributed by atoms with Crippen LogP contribution in [0.2, 0.25) is 5.02 Å². The molecule has 7 heterocycles. The van der Waals surface area contributed by atoms with Crippen LogP contribution in [0.4, 0.5) is 16.0 Å². The number of nitrogens with two attached hydrogens (primary N) is 1. The van der Waals surface area contributed by atoms with Crippen molar-refractivity contribution < 1.29 is 13.9 Å². The Morgan fingerprint density at radius 3 is 2.67 bits per heavy atom. The number of halogens is 2. The standard InChI is InChI=1S/C31H34ClFN10O2S/c32-25-21(15-44)39-43-9-3-7-40(14-22(25)43)27-20(12-35)28(38-29(37-27)45-31-6-2-8-42(31)13-18(33)10-31)41-16-30(17-41)5-1-4-23-24(30)19(11-34)26(36)46-23/h15,18-19,26H,1-10,13-14,16-17,36H2/t18?,19?,26?,31-/m1/s1. The summed E-state index contributed by atoms with van der Waals surface area (Å²) in [6, 6.07) is 4.96. The van der Waals surface area contributed by atoms with Gasteiger partial charge in [0.2, 0.25) is 0 Å². The van der Waals surface area contributed by atoms with Gasteiger partial charge >= 0.3 is 6.01 Å². The van der Waals surface area contributed by atoms with E-state index in [-0.39, 0.29) is 46.4 Å². The second-order valence-corrected chi connectivity index (χ2v) is 15.0. The van der Waals surface area contributed by atoms with E-state index in [4.69, 9.17) is 32.0 Å². The number of alkyl halides is 1. The van der Waals surface area contributed by atoms with Crippen LogP contribution in [0, 0.1) is 34.0 Å². The number of aldehydes is 1. The molecule has 2 aromatic heterocycles.